The molecule has 1 aliphatic rings. The summed E-state index contributed by atoms with van der Waals surface area (Å²) in [7, 11) is 0. The van der Waals surface area contributed by atoms with Crippen molar-refractivity contribution in [2.24, 2.45) is 5.92 Å². The number of Topliss-reactive ketones (excluding diaryl/α,β-unsaturated/α-hetero) is 1. The van der Waals surface area contributed by atoms with Gasteiger partial charge < -0.3 is 16.0 Å². The van der Waals surface area contributed by atoms with Crippen LogP contribution in [-0.2, 0) is 4.79 Å². The largest absolute Gasteiger partial charge is 0.397 e. The molecule has 0 spiro atoms. The fraction of sp³-hybridized carbons (Fsp3) is 0.571. The quantitative estimate of drug-likeness (QED) is 0.832. The molecule has 20 heavy (non-hydrogen) atoms. The number of hydrogen-bond donors (Lipinski definition) is 2. The van der Waals surface area contributed by atoms with E-state index in [0.29, 0.717) is 10.6 Å². The molecule has 6 heteroatoms. The Bertz CT molecular complexity index is 524. The Labute approximate surface area is 123 Å². The number of carbonyl (C=O) groups excluding carboxylic acids is 2. The Morgan fingerprint density at radius 2 is 2.20 bits per heavy atom. The highest BCUT2D eigenvalue weighted by molar-refractivity contribution is 7.18. The maximum absolute atomic E-state index is 12.1. The molecule has 1 unspecified atom stereocenters. The first-order valence-corrected chi connectivity index (χ1v) is 7.65. The van der Waals surface area contributed by atoms with E-state index in [2.05, 4.69) is 10.2 Å². The number of nitrogens with two attached hydrogens (primary N) is 1. The first-order chi connectivity index (χ1) is 9.38. The summed E-state index contributed by atoms with van der Waals surface area (Å²) >= 11 is 1.45. The smallest absolute Gasteiger partial charge is 0.217 e. The summed E-state index contributed by atoms with van der Waals surface area (Å²) in [5, 5.41) is 3.94. The number of thiophene rings is 1. The van der Waals surface area contributed by atoms with E-state index in [1.54, 1.807) is 0 Å². The highest BCUT2D eigenvalue weighted by atomic mass is 32.1. The Morgan fingerprint density at radius 3 is 2.80 bits per heavy atom. The molecule has 1 saturated heterocycles. The van der Waals surface area contributed by atoms with Gasteiger partial charge in [0.2, 0.25) is 5.91 Å². The standard InChI is InChI=1S/C14H21N3O2S/c1-8(2)13(19)14-11(15)6-12(20-14)17-5-4-10(7-17)16-9(3)18/h6,8,10H,4-5,7,15H2,1-3H3,(H,16,18). The van der Waals surface area contributed by atoms with Crippen molar-refractivity contribution in [2.45, 2.75) is 33.2 Å². The monoisotopic (exact) mass is 295 g/mol. The average molecular weight is 295 g/mol. The van der Waals surface area contributed by atoms with Crippen LogP contribution >= 0.6 is 11.3 Å². The first kappa shape index (κ1) is 14.8. The summed E-state index contributed by atoms with van der Waals surface area (Å²) in [5.74, 6) is 0.0454. The first-order valence-electron chi connectivity index (χ1n) is 6.84. The highest BCUT2D eigenvalue weighted by Gasteiger charge is 2.26. The van der Waals surface area contributed by atoms with Crippen molar-refractivity contribution in [2.75, 3.05) is 23.7 Å². The van der Waals surface area contributed by atoms with Gasteiger partial charge in [0.1, 0.15) is 0 Å². The summed E-state index contributed by atoms with van der Waals surface area (Å²) in [6, 6.07) is 2.05. The number of hydrogen-bond acceptors (Lipinski definition) is 5. The second kappa shape index (κ2) is 5.83. The number of anilines is 2. The number of ketones is 1. The molecule has 5 nitrogen and oxygen atoms in total. The van der Waals surface area contributed by atoms with Gasteiger partial charge in [-0.1, -0.05) is 13.8 Å². The van der Waals surface area contributed by atoms with Crippen LogP contribution in [0.25, 0.3) is 0 Å². The molecule has 0 saturated carbocycles. The second-order valence-corrected chi connectivity index (χ2v) is 6.55. The van der Waals surface area contributed by atoms with Crippen LogP contribution in [0.1, 0.15) is 36.9 Å². The Hall–Kier alpha value is -1.56. The molecule has 1 atom stereocenters. The third-order valence-corrected chi connectivity index (χ3v) is 4.63. The molecule has 110 valence electrons. The van der Waals surface area contributed by atoms with Crippen LogP contribution < -0.4 is 16.0 Å². The number of rotatable bonds is 4. The zero-order valence-electron chi connectivity index (χ0n) is 12.1. The maximum atomic E-state index is 12.1. The zero-order valence-corrected chi connectivity index (χ0v) is 12.9. The molecule has 1 aromatic heterocycles. The topological polar surface area (TPSA) is 75.4 Å². The van der Waals surface area contributed by atoms with Crippen LogP contribution in [0.2, 0.25) is 0 Å². The van der Waals surface area contributed by atoms with Crippen molar-refractivity contribution in [1.29, 1.82) is 0 Å². The SMILES string of the molecule is CC(=O)NC1CCN(c2cc(N)c(C(=O)C(C)C)s2)C1. The second-order valence-electron chi connectivity index (χ2n) is 5.52. The van der Waals surface area contributed by atoms with Crippen LogP contribution in [0.5, 0.6) is 0 Å². The van der Waals surface area contributed by atoms with Crippen molar-refractivity contribution < 1.29 is 9.59 Å². The molecule has 0 aliphatic carbocycles. The highest BCUT2D eigenvalue weighted by Crippen LogP contribution is 2.35. The molecule has 2 heterocycles. The molecule has 1 aliphatic heterocycles. The van der Waals surface area contributed by atoms with E-state index >= 15 is 0 Å². The lowest BCUT2D eigenvalue weighted by atomic mass is 10.1. The minimum absolute atomic E-state index is 0.00165. The summed E-state index contributed by atoms with van der Waals surface area (Å²) in [5.41, 5.74) is 6.52. The fourth-order valence-corrected chi connectivity index (χ4v) is 3.57. The van der Waals surface area contributed by atoms with Gasteiger partial charge in [0, 0.05) is 32.0 Å². The number of amides is 1. The van der Waals surface area contributed by atoms with Gasteiger partial charge in [0.15, 0.2) is 5.78 Å². The molecule has 0 bridgehead atoms. The summed E-state index contributed by atoms with van der Waals surface area (Å²) in [6.45, 7) is 6.94. The van der Waals surface area contributed by atoms with E-state index in [-0.39, 0.29) is 23.7 Å². The lowest BCUT2D eigenvalue weighted by Crippen LogP contribution is -2.35. The molecular weight excluding hydrogens is 274 g/mol. The average Bonchev–Trinajstić information content (AvgIpc) is 2.94. The van der Waals surface area contributed by atoms with E-state index in [1.165, 1.54) is 18.3 Å². The van der Waals surface area contributed by atoms with Gasteiger partial charge in [0.05, 0.1) is 15.6 Å². The lowest BCUT2D eigenvalue weighted by molar-refractivity contribution is -0.119. The summed E-state index contributed by atoms with van der Waals surface area (Å²) in [6.07, 6.45) is 0.921. The molecule has 1 amide bonds. The van der Waals surface area contributed by atoms with Gasteiger partial charge in [0.25, 0.3) is 0 Å². The lowest BCUT2D eigenvalue weighted by Gasteiger charge is -2.16. The van der Waals surface area contributed by atoms with Crippen LogP contribution in [0.15, 0.2) is 6.07 Å². The summed E-state index contributed by atoms with van der Waals surface area (Å²) < 4.78 is 0. The predicted molar refractivity (Wildman–Crippen MR) is 82.3 cm³/mol. The van der Waals surface area contributed by atoms with E-state index in [0.717, 1.165) is 24.5 Å². The summed E-state index contributed by atoms with van der Waals surface area (Å²) in [4.78, 5) is 26.0. The number of nitrogens with zero attached hydrogens (tertiary/aromatic N) is 1. The van der Waals surface area contributed by atoms with Crippen LogP contribution in [0, 0.1) is 5.92 Å². The van der Waals surface area contributed by atoms with Gasteiger partial charge >= 0.3 is 0 Å². The van der Waals surface area contributed by atoms with Crippen molar-refractivity contribution in [3.63, 3.8) is 0 Å². The number of carbonyl (C=O) groups is 2. The molecule has 2 rings (SSSR count). The molecule has 1 aromatic rings. The van der Waals surface area contributed by atoms with E-state index in [4.69, 9.17) is 5.73 Å². The molecule has 3 N–H and O–H groups in total. The van der Waals surface area contributed by atoms with Crippen molar-refractivity contribution in [3.8, 4) is 0 Å². The van der Waals surface area contributed by atoms with Crippen LogP contribution in [0.4, 0.5) is 10.7 Å². The van der Waals surface area contributed by atoms with Crippen molar-refractivity contribution in [1.82, 2.24) is 5.32 Å². The predicted octanol–water partition coefficient (Wildman–Crippen LogP) is 1.88. The van der Waals surface area contributed by atoms with Crippen molar-refractivity contribution in [3.05, 3.63) is 10.9 Å². The Kier molecular flexibility index (Phi) is 4.32. The molecule has 0 aromatic carbocycles. The molecule has 1 fully saturated rings. The van der Waals surface area contributed by atoms with Gasteiger partial charge in [-0.15, -0.1) is 11.3 Å². The van der Waals surface area contributed by atoms with Gasteiger partial charge in [-0.2, -0.15) is 0 Å². The van der Waals surface area contributed by atoms with Gasteiger partial charge in [-0.3, -0.25) is 9.59 Å². The van der Waals surface area contributed by atoms with E-state index in [1.807, 2.05) is 19.9 Å². The maximum Gasteiger partial charge on any atom is 0.217 e. The third-order valence-electron chi connectivity index (χ3n) is 3.40. The molecular formula is C14H21N3O2S. The van der Waals surface area contributed by atoms with E-state index in [9.17, 15) is 9.59 Å². The minimum atomic E-state index is -0.0468. The normalized spacial score (nSPS) is 18.6. The van der Waals surface area contributed by atoms with E-state index < -0.39 is 0 Å². The Balaban J connectivity index is 2.10. The van der Waals surface area contributed by atoms with Crippen LogP contribution in [-0.4, -0.2) is 30.8 Å². The Morgan fingerprint density at radius 1 is 1.50 bits per heavy atom. The third kappa shape index (κ3) is 3.12. The van der Waals surface area contributed by atoms with Gasteiger partial charge in [-0.05, 0) is 12.5 Å². The molecule has 0 radical (unpaired) electrons. The minimum Gasteiger partial charge on any atom is -0.397 e. The van der Waals surface area contributed by atoms with Gasteiger partial charge in [-0.25, -0.2) is 0 Å². The number of nitrogens with one attached hydrogen (secondary N) is 1. The fourth-order valence-electron chi connectivity index (χ4n) is 2.37. The zero-order chi connectivity index (χ0) is 14.9. The number of nitrogen functional groups attached to an aromatic ring is 1. The van der Waals surface area contributed by atoms with Crippen LogP contribution in [0.3, 0.4) is 0 Å². The van der Waals surface area contributed by atoms with Crippen molar-refractivity contribution >= 4 is 33.7 Å².